The van der Waals surface area contributed by atoms with Crippen LogP contribution in [0.4, 0.5) is 0 Å². The Kier molecular flexibility index (Phi) is 5.35. The summed E-state index contributed by atoms with van der Waals surface area (Å²) in [4.78, 5) is 0. The number of halogens is 2. The van der Waals surface area contributed by atoms with E-state index in [0.29, 0.717) is 18.2 Å². The summed E-state index contributed by atoms with van der Waals surface area (Å²) in [6.07, 6.45) is 3.27. The fraction of sp³-hybridized carbons (Fsp3) is 0.167. The molecule has 0 saturated heterocycles. The molecule has 0 unspecified atom stereocenters. The third kappa shape index (κ3) is 3.66. The molecule has 2 aromatic rings. The van der Waals surface area contributed by atoms with Crippen LogP contribution in [0, 0.1) is 0 Å². The predicted molar refractivity (Wildman–Crippen MR) is 69.6 cm³/mol. The van der Waals surface area contributed by atoms with Gasteiger partial charge in [0.15, 0.2) is 0 Å². The topological polar surface area (TPSA) is 48.4 Å². The molecular weight excluding hydrogens is 261 g/mol. The minimum absolute atomic E-state index is 0. The number of benzene rings is 1. The van der Waals surface area contributed by atoms with Crippen molar-refractivity contribution in [3.05, 3.63) is 52.9 Å². The second kappa shape index (κ2) is 6.55. The number of furan rings is 1. The molecule has 1 aromatic carbocycles. The van der Waals surface area contributed by atoms with E-state index in [1.165, 1.54) is 0 Å². The molecule has 0 aliphatic rings. The van der Waals surface area contributed by atoms with Crippen LogP contribution >= 0.6 is 24.0 Å². The molecule has 0 aliphatic heterocycles. The Morgan fingerprint density at radius 1 is 1.29 bits per heavy atom. The maximum atomic E-state index is 5.87. The molecule has 0 saturated carbocycles. The van der Waals surface area contributed by atoms with Gasteiger partial charge < -0.3 is 14.9 Å². The zero-order chi connectivity index (χ0) is 11.4. The van der Waals surface area contributed by atoms with Crippen molar-refractivity contribution in [1.29, 1.82) is 0 Å². The van der Waals surface area contributed by atoms with Gasteiger partial charge in [-0.2, -0.15) is 0 Å². The van der Waals surface area contributed by atoms with Crippen LogP contribution in [0.15, 0.2) is 41.2 Å². The number of nitrogens with two attached hydrogens (primary N) is 1. The third-order valence-electron chi connectivity index (χ3n) is 2.22. The van der Waals surface area contributed by atoms with Gasteiger partial charge in [0.25, 0.3) is 0 Å². The van der Waals surface area contributed by atoms with Gasteiger partial charge in [-0.1, -0.05) is 11.6 Å². The van der Waals surface area contributed by atoms with Gasteiger partial charge in [0.05, 0.1) is 12.5 Å². The number of hydrogen-bond donors (Lipinski definition) is 1. The first-order valence-corrected chi connectivity index (χ1v) is 5.30. The highest BCUT2D eigenvalue weighted by Gasteiger charge is 2.04. The van der Waals surface area contributed by atoms with E-state index in [0.717, 1.165) is 16.9 Å². The molecule has 0 atom stereocenters. The summed E-state index contributed by atoms with van der Waals surface area (Å²) >= 11 is 5.87. The van der Waals surface area contributed by atoms with E-state index < -0.39 is 0 Å². The van der Waals surface area contributed by atoms with Crippen LogP contribution in [0.2, 0.25) is 5.02 Å². The monoisotopic (exact) mass is 273 g/mol. The van der Waals surface area contributed by atoms with Crippen LogP contribution in [-0.4, -0.2) is 0 Å². The lowest BCUT2D eigenvalue weighted by atomic mass is 10.2. The number of hydrogen-bond acceptors (Lipinski definition) is 3. The minimum atomic E-state index is 0. The lowest BCUT2D eigenvalue weighted by Gasteiger charge is -2.09. The highest BCUT2D eigenvalue weighted by molar-refractivity contribution is 6.30. The Morgan fingerprint density at radius 2 is 2.12 bits per heavy atom. The fourth-order valence-electron chi connectivity index (χ4n) is 1.38. The molecular formula is C12H13Cl2NO2. The van der Waals surface area contributed by atoms with E-state index in [9.17, 15) is 0 Å². The summed E-state index contributed by atoms with van der Waals surface area (Å²) in [6, 6.07) is 7.28. The molecule has 5 heteroatoms. The second-order valence-corrected chi connectivity index (χ2v) is 3.81. The van der Waals surface area contributed by atoms with Gasteiger partial charge in [-0.3, -0.25) is 0 Å². The van der Waals surface area contributed by atoms with Crippen LogP contribution < -0.4 is 10.5 Å². The quantitative estimate of drug-likeness (QED) is 0.929. The summed E-state index contributed by atoms with van der Waals surface area (Å²) in [5, 5.41) is 0.663. The second-order valence-electron chi connectivity index (χ2n) is 3.38. The molecule has 0 bridgehead atoms. The van der Waals surface area contributed by atoms with Crippen molar-refractivity contribution < 1.29 is 9.15 Å². The maximum Gasteiger partial charge on any atom is 0.124 e. The van der Waals surface area contributed by atoms with Crippen LogP contribution in [0.3, 0.4) is 0 Å². The van der Waals surface area contributed by atoms with Gasteiger partial charge in [0.2, 0.25) is 0 Å². The Balaban J connectivity index is 0.00000144. The zero-order valence-electron chi connectivity index (χ0n) is 9.06. The summed E-state index contributed by atoms with van der Waals surface area (Å²) in [5.74, 6) is 0.758. The highest BCUT2D eigenvalue weighted by Crippen LogP contribution is 2.23. The molecule has 2 N–H and O–H groups in total. The maximum absolute atomic E-state index is 5.87. The van der Waals surface area contributed by atoms with Crippen LogP contribution in [-0.2, 0) is 13.2 Å². The Bertz CT molecular complexity index is 458. The lowest BCUT2D eigenvalue weighted by Crippen LogP contribution is -2.02. The SMILES string of the molecule is Cl.NCc1cc(Cl)ccc1OCc1ccoc1. The molecule has 2 rings (SSSR count). The molecule has 1 heterocycles. The van der Waals surface area contributed by atoms with Gasteiger partial charge in [0.1, 0.15) is 12.4 Å². The molecule has 92 valence electrons. The standard InChI is InChI=1S/C12H12ClNO2.ClH/c13-11-1-2-12(10(5-11)6-14)16-8-9-3-4-15-7-9;/h1-5,7H,6,8,14H2;1H. The third-order valence-corrected chi connectivity index (χ3v) is 2.45. The smallest absolute Gasteiger partial charge is 0.124 e. The van der Waals surface area contributed by atoms with Crippen molar-refractivity contribution in [3.63, 3.8) is 0 Å². The normalized spacial score (nSPS) is 9.76. The van der Waals surface area contributed by atoms with E-state index in [-0.39, 0.29) is 12.4 Å². The van der Waals surface area contributed by atoms with Crippen molar-refractivity contribution in [2.75, 3.05) is 0 Å². The molecule has 0 spiro atoms. The Hall–Kier alpha value is -1.16. The Labute approximate surface area is 111 Å². The van der Waals surface area contributed by atoms with Gasteiger partial charge in [-0.15, -0.1) is 12.4 Å². The van der Waals surface area contributed by atoms with Gasteiger partial charge >= 0.3 is 0 Å². The summed E-state index contributed by atoms with van der Waals surface area (Å²) < 4.78 is 10.6. The van der Waals surface area contributed by atoms with E-state index in [1.807, 2.05) is 18.2 Å². The van der Waals surface area contributed by atoms with Crippen molar-refractivity contribution >= 4 is 24.0 Å². The fourth-order valence-corrected chi connectivity index (χ4v) is 1.58. The highest BCUT2D eigenvalue weighted by atomic mass is 35.5. The van der Waals surface area contributed by atoms with Crippen molar-refractivity contribution in [1.82, 2.24) is 0 Å². The summed E-state index contributed by atoms with van der Waals surface area (Å²) in [6.45, 7) is 0.867. The molecule has 17 heavy (non-hydrogen) atoms. The summed E-state index contributed by atoms with van der Waals surface area (Å²) in [5.41, 5.74) is 7.49. The van der Waals surface area contributed by atoms with E-state index in [4.69, 9.17) is 26.5 Å². The van der Waals surface area contributed by atoms with E-state index >= 15 is 0 Å². The first-order chi connectivity index (χ1) is 7.79. The summed E-state index contributed by atoms with van der Waals surface area (Å²) in [7, 11) is 0. The number of rotatable bonds is 4. The zero-order valence-corrected chi connectivity index (χ0v) is 10.6. The van der Waals surface area contributed by atoms with Crippen molar-refractivity contribution in [2.45, 2.75) is 13.2 Å². The van der Waals surface area contributed by atoms with Gasteiger partial charge in [0, 0.05) is 22.7 Å². The van der Waals surface area contributed by atoms with Crippen molar-refractivity contribution in [2.24, 2.45) is 5.73 Å². The average molecular weight is 274 g/mol. The number of ether oxygens (including phenoxy) is 1. The molecule has 0 aliphatic carbocycles. The van der Waals surface area contributed by atoms with Crippen LogP contribution in [0.5, 0.6) is 5.75 Å². The van der Waals surface area contributed by atoms with Crippen LogP contribution in [0.1, 0.15) is 11.1 Å². The van der Waals surface area contributed by atoms with E-state index in [1.54, 1.807) is 18.6 Å². The molecule has 0 fully saturated rings. The molecule has 0 radical (unpaired) electrons. The van der Waals surface area contributed by atoms with Gasteiger partial charge in [-0.25, -0.2) is 0 Å². The largest absolute Gasteiger partial charge is 0.488 e. The molecule has 3 nitrogen and oxygen atoms in total. The van der Waals surface area contributed by atoms with E-state index in [2.05, 4.69) is 0 Å². The first kappa shape index (κ1) is 13.9. The average Bonchev–Trinajstić information content (AvgIpc) is 2.80. The molecule has 0 amide bonds. The predicted octanol–water partition coefficient (Wildman–Crippen LogP) is 3.39. The minimum Gasteiger partial charge on any atom is -0.488 e. The lowest BCUT2D eigenvalue weighted by molar-refractivity contribution is 0.301. The Morgan fingerprint density at radius 3 is 2.76 bits per heavy atom. The van der Waals surface area contributed by atoms with Crippen LogP contribution in [0.25, 0.3) is 0 Å². The first-order valence-electron chi connectivity index (χ1n) is 4.92. The molecule has 1 aromatic heterocycles. The van der Waals surface area contributed by atoms with Crippen molar-refractivity contribution in [3.8, 4) is 5.75 Å². The van der Waals surface area contributed by atoms with Gasteiger partial charge in [-0.05, 0) is 24.3 Å².